The number of aromatic nitrogens is 4. The number of carbonyl (C=O) groups excluding carboxylic acids is 1. The van der Waals surface area contributed by atoms with Gasteiger partial charge in [-0.25, -0.2) is 9.97 Å². The molecule has 1 aliphatic heterocycles. The van der Waals surface area contributed by atoms with Crippen LogP contribution in [0.3, 0.4) is 0 Å². The number of piperidine rings is 1. The summed E-state index contributed by atoms with van der Waals surface area (Å²) in [6.07, 6.45) is 6.83. The fraction of sp³-hybridized carbons (Fsp3) is 0.429. The number of amides is 1. The van der Waals surface area contributed by atoms with E-state index in [4.69, 9.17) is 9.47 Å². The molecule has 1 amide bonds. The molecule has 1 aromatic carbocycles. The Morgan fingerprint density at radius 3 is 2.67 bits per heavy atom. The molecular weight excluding hydrogens is 384 g/mol. The molecule has 1 unspecified atom stereocenters. The highest BCUT2D eigenvalue weighted by molar-refractivity contribution is 5.94. The van der Waals surface area contributed by atoms with Gasteiger partial charge in [0.2, 0.25) is 0 Å². The Kier molecular flexibility index (Phi) is 5.43. The van der Waals surface area contributed by atoms with Gasteiger partial charge < -0.3 is 19.3 Å². The van der Waals surface area contributed by atoms with Gasteiger partial charge in [0.1, 0.15) is 12.1 Å². The Hall–Kier alpha value is -3.36. The highest BCUT2D eigenvalue weighted by Gasteiger charge is 2.29. The van der Waals surface area contributed by atoms with E-state index in [1.54, 1.807) is 37.6 Å². The van der Waals surface area contributed by atoms with Crippen molar-refractivity contribution in [2.45, 2.75) is 18.9 Å². The number of carbonyl (C=O) groups is 1. The summed E-state index contributed by atoms with van der Waals surface area (Å²) in [7, 11) is 6.89. The Bertz CT molecular complexity index is 1070. The maximum Gasteiger partial charge on any atom is 0.257 e. The van der Waals surface area contributed by atoms with E-state index in [2.05, 4.69) is 20.0 Å². The summed E-state index contributed by atoms with van der Waals surface area (Å²) in [6.45, 7) is 1.56. The van der Waals surface area contributed by atoms with E-state index >= 15 is 0 Å². The Labute approximate surface area is 175 Å². The van der Waals surface area contributed by atoms with Crippen molar-refractivity contribution in [3.63, 3.8) is 0 Å². The maximum absolute atomic E-state index is 12.9. The summed E-state index contributed by atoms with van der Waals surface area (Å²) in [5.41, 5.74) is 1.39. The number of likely N-dealkylation sites (N-methyl/N-ethyl adjacent to an activating group) is 1. The summed E-state index contributed by atoms with van der Waals surface area (Å²) < 4.78 is 12.5. The minimum atomic E-state index is -0.0195. The molecule has 0 bridgehead atoms. The van der Waals surface area contributed by atoms with Crippen LogP contribution in [0, 0.1) is 0 Å². The van der Waals surface area contributed by atoms with E-state index in [-0.39, 0.29) is 11.9 Å². The molecule has 9 nitrogen and oxygen atoms in total. The second kappa shape index (κ2) is 8.17. The third-order valence-corrected chi connectivity index (χ3v) is 5.64. The Morgan fingerprint density at radius 2 is 1.97 bits per heavy atom. The minimum absolute atomic E-state index is 0.0195. The molecule has 0 N–H and O–H groups in total. The highest BCUT2D eigenvalue weighted by Crippen LogP contribution is 2.35. The van der Waals surface area contributed by atoms with Crippen LogP contribution in [0.25, 0.3) is 10.9 Å². The first kappa shape index (κ1) is 19.9. The number of hydrogen-bond donors (Lipinski definition) is 0. The van der Waals surface area contributed by atoms with E-state index in [9.17, 15) is 4.79 Å². The number of fused-ring (bicyclic) bond motifs is 1. The van der Waals surface area contributed by atoms with Crippen molar-refractivity contribution in [2.75, 3.05) is 39.3 Å². The van der Waals surface area contributed by atoms with Gasteiger partial charge in [-0.15, -0.1) is 0 Å². The van der Waals surface area contributed by atoms with Crippen LogP contribution in [0.15, 0.2) is 30.9 Å². The van der Waals surface area contributed by atoms with Gasteiger partial charge in [-0.2, -0.15) is 5.10 Å². The number of rotatable bonds is 5. The smallest absolute Gasteiger partial charge is 0.257 e. The lowest BCUT2D eigenvalue weighted by Gasteiger charge is -2.38. The minimum Gasteiger partial charge on any atom is -0.493 e. The second-order valence-electron chi connectivity index (χ2n) is 7.48. The van der Waals surface area contributed by atoms with Crippen molar-refractivity contribution in [3.8, 4) is 11.5 Å². The quantitative estimate of drug-likeness (QED) is 0.637. The zero-order valence-corrected chi connectivity index (χ0v) is 17.7. The van der Waals surface area contributed by atoms with Gasteiger partial charge in [0.05, 0.1) is 31.5 Å². The lowest BCUT2D eigenvalue weighted by molar-refractivity contribution is 0.0717. The van der Waals surface area contributed by atoms with Crippen LogP contribution >= 0.6 is 0 Å². The molecule has 3 aromatic rings. The third kappa shape index (κ3) is 3.62. The molecule has 0 radical (unpaired) electrons. The predicted molar refractivity (Wildman–Crippen MR) is 113 cm³/mol. The highest BCUT2D eigenvalue weighted by atomic mass is 16.5. The fourth-order valence-electron chi connectivity index (χ4n) is 3.99. The first-order valence-corrected chi connectivity index (χ1v) is 9.89. The van der Waals surface area contributed by atoms with Crippen molar-refractivity contribution in [3.05, 3.63) is 36.4 Å². The fourth-order valence-corrected chi connectivity index (χ4v) is 3.99. The summed E-state index contributed by atoms with van der Waals surface area (Å²) in [6, 6.07) is 3.85. The lowest BCUT2D eigenvalue weighted by Crippen LogP contribution is -2.48. The molecule has 1 saturated heterocycles. The third-order valence-electron chi connectivity index (χ3n) is 5.64. The summed E-state index contributed by atoms with van der Waals surface area (Å²) in [5.74, 6) is 2.09. The zero-order valence-electron chi connectivity index (χ0n) is 17.7. The van der Waals surface area contributed by atoms with Crippen molar-refractivity contribution in [2.24, 2.45) is 7.05 Å². The van der Waals surface area contributed by atoms with Gasteiger partial charge in [0.25, 0.3) is 5.91 Å². The van der Waals surface area contributed by atoms with Crippen molar-refractivity contribution >= 4 is 22.6 Å². The standard InChI is InChI=1S/C21H26N6O3/c1-25-11-14(10-24-25)21(28)26(2)15-6-5-7-27(12-15)20-16-8-18(29-3)19(30-4)9-17(16)22-13-23-20/h8-11,13,15H,5-7,12H2,1-4H3. The summed E-state index contributed by atoms with van der Waals surface area (Å²) in [4.78, 5) is 25.9. The van der Waals surface area contributed by atoms with Crippen LogP contribution in [-0.2, 0) is 7.05 Å². The van der Waals surface area contributed by atoms with E-state index in [0.717, 1.165) is 36.1 Å². The number of aryl methyl sites for hydroxylation is 1. The number of benzene rings is 1. The zero-order chi connectivity index (χ0) is 21.3. The van der Waals surface area contributed by atoms with Crippen molar-refractivity contribution in [1.82, 2.24) is 24.6 Å². The lowest BCUT2D eigenvalue weighted by atomic mass is 10.0. The van der Waals surface area contributed by atoms with Crippen LogP contribution in [0.4, 0.5) is 5.82 Å². The molecular formula is C21H26N6O3. The number of methoxy groups -OCH3 is 2. The number of nitrogens with zero attached hydrogens (tertiary/aromatic N) is 6. The van der Waals surface area contributed by atoms with Crippen LogP contribution in [-0.4, -0.2) is 71.0 Å². The molecule has 0 spiro atoms. The molecule has 2 aromatic heterocycles. The first-order valence-electron chi connectivity index (χ1n) is 9.89. The summed E-state index contributed by atoms with van der Waals surface area (Å²) >= 11 is 0. The number of hydrogen-bond acceptors (Lipinski definition) is 7. The Morgan fingerprint density at radius 1 is 1.20 bits per heavy atom. The van der Waals surface area contributed by atoms with Gasteiger partial charge >= 0.3 is 0 Å². The largest absolute Gasteiger partial charge is 0.493 e. The predicted octanol–water partition coefficient (Wildman–Crippen LogP) is 2.12. The van der Waals surface area contributed by atoms with E-state index in [1.807, 2.05) is 31.1 Å². The van der Waals surface area contributed by atoms with Gasteiger partial charge in [0.15, 0.2) is 11.5 Å². The molecule has 0 saturated carbocycles. The molecule has 1 atom stereocenters. The van der Waals surface area contributed by atoms with Gasteiger partial charge in [0, 0.05) is 50.9 Å². The average molecular weight is 410 g/mol. The molecule has 1 aliphatic rings. The van der Waals surface area contributed by atoms with Crippen molar-refractivity contribution < 1.29 is 14.3 Å². The summed E-state index contributed by atoms with van der Waals surface area (Å²) in [5, 5.41) is 5.01. The normalized spacial score (nSPS) is 16.5. The molecule has 4 rings (SSSR count). The van der Waals surface area contributed by atoms with Crippen LogP contribution in [0.5, 0.6) is 11.5 Å². The number of anilines is 1. The maximum atomic E-state index is 12.9. The van der Waals surface area contributed by atoms with Crippen LogP contribution in [0.1, 0.15) is 23.2 Å². The van der Waals surface area contributed by atoms with E-state index < -0.39 is 0 Å². The van der Waals surface area contributed by atoms with Gasteiger partial charge in [-0.1, -0.05) is 0 Å². The number of ether oxygens (including phenoxy) is 2. The Balaban J connectivity index is 1.61. The molecule has 1 fully saturated rings. The van der Waals surface area contributed by atoms with E-state index in [0.29, 0.717) is 23.6 Å². The topological polar surface area (TPSA) is 85.6 Å². The molecule has 0 aliphatic carbocycles. The van der Waals surface area contributed by atoms with Gasteiger partial charge in [-0.05, 0) is 18.9 Å². The average Bonchev–Trinajstić information content (AvgIpc) is 3.22. The van der Waals surface area contributed by atoms with Gasteiger partial charge in [-0.3, -0.25) is 9.48 Å². The first-order chi connectivity index (χ1) is 14.5. The molecule has 30 heavy (non-hydrogen) atoms. The molecule has 3 heterocycles. The molecule has 9 heteroatoms. The molecule has 158 valence electrons. The van der Waals surface area contributed by atoms with Crippen LogP contribution in [0.2, 0.25) is 0 Å². The SMILES string of the molecule is COc1cc2ncnc(N3CCCC(N(C)C(=O)c4cnn(C)c4)C3)c2cc1OC. The van der Waals surface area contributed by atoms with E-state index in [1.165, 1.54) is 0 Å². The van der Waals surface area contributed by atoms with Crippen molar-refractivity contribution in [1.29, 1.82) is 0 Å². The second-order valence-corrected chi connectivity index (χ2v) is 7.48. The van der Waals surface area contributed by atoms with Crippen LogP contribution < -0.4 is 14.4 Å². The monoisotopic (exact) mass is 410 g/mol.